The van der Waals surface area contributed by atoms with Gasteiger partial charge in [-0.1, -0.05) is 19.8 Å². The molecule has 1 aliphatic carbocycles. The molecule has 41 heavy (non-hydrogen) atoms. The minimum absolute atomic E-state index is 0.0519. The van der Waals surface area contributed by atoms with Crippen molar-refractivity contribution in [2.45, 2.75) is 44.8 Å². The molecule has 6 rings (SSSR count). The molecule has 5 aromatic rings. The van der Waals surface area contributed by atoms with Crippen LogP contribution in [-0.2, 0) is 0 Å². The second-order valence-electron chi connectivity index (χ2n) is 10.7. The van der Waals surface area contributed by atoms with E-state index in [0.29, 0.717) is 34.2 Å². The van der Waals surface area contributed by atoms with Crippen LogP contribution in [0.2, 0.25) is 0 Å². The summed E-state index contributed by atoms with van der Waals surface area (Å²) in [6.07, 6.45) is 5.84. The molecule has 8 nitrogen and oxygen atoms in total. The van der Waals surface area contributed by atoms with Gasteiger partial charge in [0.25, 0.3) is 5.56 Å². The van der Waals surface area contributed by atoms with Crippen LogP contribution in [0.25, 0.3) is 22.3 Å². The van der Waals surface area contributed by atoms with Crippen molar-refractivity contribution in [1.29, 1.82) is 0 Å². The standard InChI is InChI=1S/C31H30F2N6O2/c1-18-4-6-19(7-5-18)27-16-25(28-29(34)35-17-36-39(27)28)23-13-10-21(15-26(23)33)37-30(40)24-3-2-14-38(31(24)41)22-11-8-20(32)9-12-22/h2-3,8-19,30,37,40H,4-7H2,1H3,(H2,34,35,36). The number of fused-ring (bicyclic) bond motifs is 1. The SMILES string of the molecule is CC1CCC(c2cc(-c3ccc(NC(O)c4cccn(-c5ccc(F)cc5)c4=O)cc3F)c3c(N)ncnn23)CC1. The summed E-state index contributed by atoms with van der Waals surface area (Å²) in [6.45, 7) is 2.26. The number of hydrogen-bond acceptors (Lipinski definition) is 6. The third kappa shape index (κ3) is 5.06. The summed E-state index contributed by atoms with van der Waals surface area (Å²) >= 11 is 0. The number of nitrogen functional groups attached to an aromatic ring is 1. The Bertz CT molecular complexity index is 1770. The number of nitrogens with zero attached hydrogens (tertiary/aromatic N) is 4. The zero-order valence-electron chi connectivity index (χ0n) is 22.5. The van der Waals surface area contributed by atoms with Crippen LogP contribution in [0.4, 0.5) is 20.3 Å². The zero-order valence-corrected chi connectivity index (χ0v) is 22.5. The van der Waals surface area contributed by atoms with Gasteiger partial charge >= 0.3 is 0 Å². The first-order valence-electron chi connectivity index (χ1n) is 13.6. The van der Waals surface area contributed by atoms with Gasteiger partial charge in [-0.15, -0.1) is 0 Å². The Kier molecular flexibility index (Phi) is 7.00. The molecule has 10 heteroatoms. The van der Waals surface area contributed by atoms with Crippen molar-refractivity contribution in [1.82, 2.24) is 19.2 Å². The van der Waals surface area contributed by atoms with Gasteiger partial charge in [0, 0.05) is 40.3 Å². The molecule has 1 unspecified atom stereocenters. The van der Waals surface area contributed by atoms with E-state index in [0.717, 1.165) is 31.4 Å². The van der Waals surface area contributed by atoms with Crippen LogP contribution in [-0.4, -0.2) is 24.3 Å². The first-order chi connectivity index (χ1) is 19.8. The monoisotopic (exact) mass is 556 g/mol. The third-order valence-corrected chi connectivity index (χ3v) is 7.98. The van der Waals surface area contributed by atoms with Crippen LogP contribution in [0.5, 0.6) is 0 Å². The number of aliphatic hydroxyl groups is 1. The predicted molar refractivity (Wildman–Crippen MR) is 154 cm³/mol. The highest BCUT2D eigenvalue weighted by atomic mass is 19.1. The van der Waals surface area contributed by atoms with Gasteiger partial charge in [0.2, 0.25) is 0 Å². The maximum absolute atomic E-state index is 15.6. The summed E-state index contributed by atoms with van der Waals surface area (Å²) in [4.78, 5) is 17.2. The van der Waals surface area contributed by atoms with E-state index >= 15 is 4.39 Å². The van der Waals surface area contributed by atoms with E-state index in [1.165, 1.54) is 53.5 Å². The molecular formula is C31H30F2N6O2. The van der Waals surface area contributed by atoms with Gasteiger partial charge in [-0.25, -0.2) is 18.3 Å². The minimum atomic E-state index is -1.42. The Hall–Kier alpha value is -4.57. The van der Waals surface area contributed by atoms with Gasteiger partial charge in [-0.3, -0.25) is 9.36 Å². The highest BCUT2D eigenvalue weighted by Gasteiger charge is 2.26. The van der Waals surface area contributed by atoms with Gasteiger partial charge in [0.05, 0.1) is 5.56 Å². The molecule has 0 saturated heterocycles. The van der Waals surface area contributed by atoms with E-state index < -0.39 is 23.4 Å². The van der Waals surface area contributed by atoms with Gasteiger partial charge < -0.3 is 16.2 Å². The quantitative estimate of drug-likeness (QED) is 0.228. The molecule has 0 radical (unpaired) electrons. The fourth-order valence-electron chi connectivity index (χ4n) is 5.73. The molecular weight excluding hydrogens is 526 g/mol. The van der Waals surface area contributed by atoms with Crippen molar-refractivity contribution in [3.8, 4) is 16.8 Å². The summed E-state index contributed by atoms with van der Waals surface area (Å²) < 4.78 is 32.1. The van der Waals surface area contributed by atoms with Crippen molar-refractivity contribution in [2.75, 3.05) is 11.1 Å². The van der Waals surface area contributed by atoms with Crippen molar-refractivity contribution >= 4 is 17.0 Å². The first kappa shape index (κ1) is 26.6. The molecule has 2 aromatic carbocycles. The lowest BCUT2D eigenvalue weighted by Gasteiger charge is -2.25. The van der Waals surface area contributed by atoms with Crippen molar-refractivity contribution in [3.63, 3.8) is 0 Å². The van der Waals surface area contributed by atoms with Crippen molar-refractivity contribution in [2.24, 2.45) is 5.92 Å². The molecule has 3 aromatic heterocycles. The average molecular weight is 557 g/mol. The number of benzene rings is 2. The molecule has 0 bridgehead atoms. The molecule has 210 valence electrons. The highest BCUT2D eigenvalue weighted by molar-refractivity contribution is 5.89. The van der Waals surface area contributed by atoms with Crippen molar-refractivity contribution < 1.29 is 13.9 Å². The Balaban J connectivity index is 1.30. The average Bonchev–Trinajstić information content (AvgIpc) is 3.35. The fourth-order valence-corrected chi connectivity index (χ4v) is 5.73. The Morgan fingerprint density at radius 3 is 2.51 bits per heavy atom. The molecule has 0 aliphatic heterocycles. The molecule has 1 aliphatic rings. The maximum Gasteiger partial charge on any atom is 0.262 e. The van der Waals surface area contributed by atoms with Crippen molar-refractivity contribution in [3.05, 3.63) is 106 Å². The largest absolute Gasteiger partial charge is 0.382 e. The van der Waals surface area contributed by atoms with Crippen LogP contribution in [0.1, 0.15) is 56.0 Å². The van der Waals surface area contributed by atoms with Crippen LogP contribution in [0.3, 0.4) is 0 Å². The summed E-state index contributed by atoms with van der Waals surface area (Å²) in [5.41, 5.74) is 9.04. The molecule has 1 fully saturated rings. The molecule has 0 amide bonds. The van der Waals surface area contributed by atoms with E-state index in [2.05, 4.69) is 22.3 Å². The lowest BCUT2D eigenvalue weighted by molar-refractivity contribution is 0.206. The summed E-state index contributed by atoms with van der Waals surface area (Å²) in [6, 6.07) is 15.0. The Labute approximate surface area is 235 Å². The number of hydrogen-bond donors (Lipinski definition) is 3. The van der Waals surface area contributed by atoms with Crippen LogP contribution >= 0.6 is 0 Å². The number of anilines is 2. The highest BCUT2D eigenvalue weighted by Crippen LogP contribution is 2.40. The first-order valence-corrected chi connectivity index (χ1v) is 13.6. The normalized spacial score (nSPS) is 18.0. The predicted octanol–water partition coefficient (Wildman–Crippen LogP) is 5.80. The van der Waals surface area contributed by atoms with Gasteiger partial charge in [0.1, 0.15) is 23.5 Å². The number of nitrogens with two attached hydrogens (primary N) is 1. The summed E-state index contributed by atoms with van der Waals surface area (Å²) in [5.74, 6) is 0.299. The number of rotatable bonds is 6. The Morgan fingerprint density at radius 2 is 1.78 bits per heavy atom. The van der Waals surface area contributed by atoms with Gasteiger partial charge in [0.15, 0.2) is 12.0 Å². The van der Waals surface area contributed by atoms with Gasteiger partial charge in [-0.05, 0) is 79.4 Å². The number of pyridine rings is 1. The van der Waals surface area contributed by atoms with E-state index in [-0.39, 0.29) is 17.1 Å². The minimum Gasteiger partial charge on any atom is -0.382 e. The van der Waals surface area contributed by atoms with E-state index in [4.69, 9.17) is 5.73 Å². The van der Waals surface area contributed by atoms with Gasteiger partial charge in [-0.2, -0.15) is 5.10 Å². The lowest BCUT2D eigenvalue weighted by atomic mass is 9.81. The number of aromatic nitrogens is 4. The second kappa shape index (κ2) is 10.8. The van der Waals surface area contributed by atoms with Crippen LogP contribution in [0, 0.1) is 17.6 Å². The second-order valence-corrected chi connectivity index (χ2v) is 10.7. The number of aliphatic hydroxyl groups excluding tert-OH is 1. The van der Waals surface area contributed by atoms with E-state index in [1.807, 2.05) is 6.07 Å². The zero-order chi connectivity index (χ0) is 28.7. The fraction of sp³-hybridized carbons (Fsp3) is 0.258. The number of halogens is 2. The molecule has 1 saturated carbocycles. The lowest BCUT2D eigenvalue weighted by Crippen LogP contribution is -2.26. The smallest absolute Gasteiger partial charge is 0.262 e. The van der Waals surface area contributed by atoms with Crippen LogP contribution < -0.4 is 16.6 Å². The summed E-state index contributed by atoms with van der Waals surface area (Å²) in [7, 11) is 0. The number of nitrogens with one attached hydrogen (secondary N) is 1. The molecule has 1 atom stereocenters. The Morgan fingerprint density at radius 1 is 1.02 bits per heavy atom. The topological polar surface area (TPSA) is 110 Å². The van der Waals surface area contributed by atoms with E-state index in [1.54, 1.807) is 22.7 Å². The maximum atomic E-state index is 15.6. The third-order valence-electron chi connectivity index (χ3n) is 7.98. The van der Waals surface area contributed by atoms with Crippen LogP contribution in [0.15, 0.2) is 78.0 Å². The van der Waals surface area contributed by atoms with E-state index in [9.17, 15) is 14.3 Å². The molecule has 4 N–H and O–H groups in total. The molecule has 0 spiro atoms. The summed E-state index contributed by atoms with van der Waals surface area (Å²) in [5, 5.41) is 18.1. The molecule has 3 heterocycles.